The van der Waals surface area contributed by atoms with Gasteiger partial charge in [0.1, 0.15) is 16.2 Å². The van der Waals surface area contributed by atoms with Crippen molar-refractivity contribution in [1.29, 1.82) is 0 Å². The number of thiophene rings is 1. The average molecular weight is 320 g/mol. The molecule has 2 aromatic carbocycles. The Labute approximate surface area is 136 Å². The molecule has 0 amide bonds. The summed E-state index contributed by atoms with van der Waals surface area (Å²) in [6.07, 6.45) is 1.65. The minimum absolute atomic E-state index is 1.01. The lowest BCUT2D eigenvalue weighted by Gasteiger charge is -2.05. The number of rotatable bonds is 3. The predicted molar refractivity (Wildman–Crippen MR) is 93.4 cm³/mol. The molecule has 0 saturated heterocycles. The third-order valence-electron chi connectivity index (χ3n) is 3.38. The lowest BCUT2D eigenvalue weighted by atomic mass is 10.1. The molecule has 0 N–H and O–H groups in total. The van der Waals surface area contributed by atoms with Crippen molar-refractivity contribution in [3.63, 3.8) is 0 Å². The fraction of sp³-hybridized carbons (Fsp3) is 0. The molecule has 0 bridgehead atoms. The van der Waals surface area contributed by atoms with E-state index in [4.69, 9.17) is 0 Å². The largest absolute Gasteiger partial charge is 0.229 e. The molecular weight excluding hydrogens is 308 g/mol. The highest BCUT2D eigenvalue weighted by Gasteiger charge is 2.13. The Kier molecular flexibility index (Phi) is 3.62. The molecule has 106 valence electrons. The molecule has 0 saturated carbocycles. The lowest BCUT2D eigenvalue weighted by molar-refractivity contribution is 1.11. The van der Waals surface area contributed by atoms with Crippen LogP contribution in [-0.2, 0) is 0 Å². The molecule has 0 spiro atoms. The zero-order valence-corrected chi connectivity index (χ0v) is 13.3. The number of hydrogen-bond acceptors (Lipinski definition) is 4. The van der Waals surface area contributed by atoms with E-state index in [1.165, 1.54) is 16.0 Å². The normalized spacial score (nSPS) is 10.9. The molecule has 0 aliphatic carbocycles. The Morgan fingerprint density at radius 1 is 0.818 bits per heavy atom. The molecule has 0 aliphatic heterocycles. The summed E-state index contributed by atoms with van der Waals surface area (Å²) in [5, 5.41) is 4.33. The van der Waals surface area contributed by atoms with Gasteiger partial charge in [0.25, 0.3) is 0 Å². The quantitative estimate of drug-likeness (QED) is 0.465. The van der Waals surface area contributed by atoms with Gasteiger partial charge in [0, 0.05) is 15.8 Å². The molecule has 2 aromatic heterocycles. The Bertz CT molecular complexity index is 902. The molecular formula is C18H12N2S2. The van der Waals surface area contributed by atoms with Crippen LogP contribution in [0, 0.1) is 0 Å². The highest BCUT2D eigenvalue weighted by Crippen LogP contribution is 2.39. The van der Waals surface area contributed by atoms with Gasteiger partial charge >= 0.3 is 0 Å². The van der Waals surface area contributed by atoms with Crippen LogP contribution < -0.4 is 0 Å². The highest BCUT2D eigenvalue weighted by atomic mass is 32.2. The first-order valence-electron chi connectivity index (χ1n) is 6.92. The van der Waals surface area contributed by atoms with Gasteiger partial charge in [0.15, 0.2) is 0 Å². The van der Waals surface area contributed by atoms with Gasteiger partial charge < -0.3 is 0 Å². The van der Waals surface area contributed by atoms with Crippen molar-refractivity contribution in [3.8, 4) is 11.1 Å². The van der Waals surface area contributed by atoms with Crippen LogP contribution in [0.4, 0.5) is 0 Å². The second-order valence-electron chi connectivity index (χ2n) is 4.79. The monoisotopic (exact) mass is 320 g/mol. The van der Waals surface area contributed by atoms with E-state index >= 15 is 0 Å². The van der Waals surface area contributed by atoms with Gasteiger partial charge in [-0.1, -0.05) is 60.3 Å². The van der Waals surface area contributed by atoms with E-state index in [1.807, 2.05) is 24.3 Å². The number of hydrogen-bond donors (Lipinski definition) is 0. The van der Waals surface area contributed by atoms with Gasteiger partial charge in [0.05, 0.1) is 5.39 Å². The molecule has 0 radical (unpaired) electrons. The summed E-state index contributed by atoms with van der Waals surface area (Å²) >= 11 is 3.36. The van der Waals surface area contributed by atoms with E-state index in [9.17, 15) is 0 Å². The third kappa shape index (κ3) is 2.51. The van der Waals surface area contributed by atoms with Crippen LogP contribution in [-0.4, -0.2) is 9.97 Å². The van der Waals surface area contributed by atoms with E-state index in [0.717, 1.165) is 15.2 Å². The Balaban J connectivity index is 1.87. The van der Waals surface area contributed by atoms with Crippen molar-refractivity contribution >= 4 is 33.3 Å². The first-order chi connectivity index (χ1) is 10.9. The van der Waals surface area contributed by atoms with Crippen molar-refractivity contribution in [2.24, 2.45) is 0 Å². The predicted octanol–water partition coefficient (Wildman–Crippen LogP) is 5.51. The van der Waals surface area contributed by atoms with Gasteiger partial charge in [-0.3, -0.25) is 0 Å². The van der Waals surface area contributed by atoms with E-state index in [-0.39, 0.29) is 0 Å². The second kappa shape index (κ2) is 5.91. The fourth-order valence-electron chi connectivity index (χ4n) is 2.36. The summed E-state index contributed by atoms with van der Waals surface area (Å²) in [6, 6.07) is 20.8. The van der Waals surface area contributed by atoms with Crippen molar-refractivity contribution < 1.29 is 0 Å². The van der Waals surface area contributed by atoms with Crippen molar-refractivity contribution in [2.75, 3.05) is 0 Å². The van der Waals surface area contributed by atoms with Crippen molar-refractivity contribution in [1.82, 2.24) is 9.97 Å². The van der Waals surface area contributed by atoms with Crippen LogP contribution in [0.1, 0.15) is 0 Å². The number of aromatic nitrogens is 2. The molecule has 22 heavy (non-hydrogen) atoms. The van der Waals surface area contributed by atoms with E-state index < -0.39 is 0 Å². The Hall–Kier alpha value is -2.17. The SMILES string of the molecule is c1ccc(Sc2ncnc3scc(-c4ccccc4)c23)cc1. The first-order valence-corrected chi connectivity index (χ1v) is 8.62. The molecule has 4 aromatic rings. The Morgan fingerprint density at radius 2 is 1.55 bits per heavy atom. The Morgan fingerprint density at radius 3 is 2.32 bits per heavy atom. The van der Waals surface area contributed by atoms with Crippen LogP contribution in [0.25, 0.3) is 21.3 Å². The molecule has 2 heterocycles. The molecule has 0 aliphatic rings. The topological polar surface area (TPSA) is 25.8 Å². The highest BCUT2D eigenvalue weighted by molar-refractivity contribution is 7.99. The molecule has 4 rings (SSSR count). The second-order valence-corrected chi connectivity index (χ2v) is 6.71. The molecule has 2 nitrogen and oxygen atoms in total. The summed E-state index contributed by atoms with van der Waals surface area (Å²) in [7, 11) is 0. The zero-order valence-electron chi connectivity index (χ0n) is 11.6. The van der Waals surface area contributed by atoms with Crippen molar-refractivity contribution in [2.45, 2.75) is 9.92 Å². The maximum absolute atomic E-state index is 4.52. The fourth-order valence-corrected chi connectivity index (χ4v) is 4.26. The van der Waals surface area contributed by atoms with E-state index in [0.29, 0.717) is 0 Å². The number of benzene rings is 2. The smallest absolute Gasteiger partial charge is 0.128 e. The van der Waals surface area contributed by atoms with Gasteiger partial charge in [-0.05, 0) is 17.7 Å². The number of fused-ring (bicyclic) bond motifs is 1. The summed E-state index contributed by atoms with van der Waals surface area (Å²) in [5.41, 5.74) is 2.41. The maximum Gasteiger partial charge on any atom is 0.128 e. The van der Waals surface area contributed by atoms with Gasteiger partial charge in [-0.25, -0.2) is 9.97 Å². The standard InChI is InChI=1S/C18H12N2S2/c1-3-7-13(8-4-1)15-11-21-17-16(15)18(20-12-19-17)22-14-9-5-2-6-10-14/h1-12H. The molecule has 0 unspecified atom stereocenters. The van der Waals surface area contributed by atoms with Crippen LogP contribution >= 0.6 is 23.1 Å². The van der Waals surface area contributed by atoms with Gasteiger partial charge in [0.2, 0.25) is 0 Å². The van der Waals surface area contributed by atoms with E-state index in [2.05, 4.69) is 51.7 Å². The van der Waals surface area contributed by atoms with Gasteiger partial charge in [-0.2, -0.15) is 0 Å². The molecule has 0 atom stereocenters. The van der Waals surface area contributed by atoms with Crippen LogP contribution in [0.15, 0.2) is 82.3 Å². The summed E-state index contributed by atoms with van der Waals surface area (Å²) < 4.78 is 0. The minimum Gasteiger partial charge on any atom is -0.229 e. The summed E-state index contributed by atoms with van der Waals surface area (Å²) in [6.45, 7) is 0. The minimum atomic E-state index is 1.01. The summed E-state index contributed by atoms with van der Waals surface area (Å²) in [5.74, 6) is 0. The summed E-state index contributed by atoms with van der Waals surface area (Å²) in [4.78, 5) is 11.2. The average Bonchev–Trinajstić information content (AvgIpc) is 3.02. The van der Waals surface area contributed by atoms with E-state index in [1.54, 1.807) is 29.4 Å². The maximum atomic E-state index is 4.52. The first kappa shape index (κ1) is 13.5. The number of nitrogens with zero attached hydrogens (tertiary/aromatic N) is 2. The lowest BCUT2D eigenvalue weighted by Crippen LogP contribution is -1.85. The van der Waals surface area contributed by atoms with Gasteiger partial charge in [-0.15, -0.1) is 11.3 Å². The third-order valence-corrected chi connectivity index (χ3v) is 5.28. The molecule has 0 fully saturated rings. The van der Waals surface area contributed by atoms with Crippen LogP contribution in [0.2, 0.25) is 0 Å². The van der Waals surface area contributed by atoms with Crippen LogP contribution in [0.5, 0.6) is 0 Å². The molecule has 4 heteroatoms. The van der Waals surface area contributed by atoms with Crippen LogP contribution in [0.3, 0.4) is 0 Å². The zero-order chi connectivity index (χ0) is 14.8. The van der Waals surface area contributed by atoms with Crippen molar-refractivity contribution in [3.05, 3.63) is 72.4 Å².